The Balaban J connectivity index is 2.15. The van der Waals surface area contributed by atoms with Gasteiger partial charge in [-0.25, -0.2) is 0 Å². The second-order valence-electron chi connectivity index (χ2n) is 4.93. The summed E-state index contributed by atoms with van der Waals surface area (Å²) in [7, 11) is 0. The Morgan fingerprint density at radius 3 is 2.81 bits per heavy atom. The number of benzene rings is 1. The number of rotatable bonds is 3. The maximum Gasteiger partial charge on any atom is 0.0558 e. The lowest BCUT2D eigenvalue weighted by Crippen LogP contribution is -2.32. The standard InChI is InChI=1S/C14H21NO/c1-11(2)12-3-4-14-10-15(7-8-16)6-5-13(14)9-12/h3-4,9,11,16H,5-8,10H2,1-2H3. The lowest BCUT2D eigenvalue weighted by molar-refractivity contribution is 0.184. The molecule has 0 atom stereocenters. The van der Waals surface area contributed by atoms with E-state index < -0.39 is 0 Å². The molecule has 1 heterocycles. The van der Waals surface area contributed by atoms with Gasteiger partial charge in [-0.15, -0.1) is 0 Å². The van der Waals surface area contributed by atoms with E-state index in [4.69, 9.17) is 5.11 Å². The van der Waals surface area contributed by atoms with E-state index in [-0.39, 0.29) is 6.61 Å². The Morgan fingerprint density at radius 2 is 2.12 bits per heavy atom. The quantitative estimate of drug-likeness (QED) is 0.842. The van der Waals surface area contributed by atoms with Crippen LogP contribution in [-0.4, -0.2) is 29.7 Å². The van der Waals surface area contributed by atoms with Gasteiger partial charge in [0.25, 0.3) is 0 Å². The number of fused-ring (bicyclic) bond motifs is 1. The van der Waals surface area contributed by atoms with Crippen molar-refractivity contribution in [2.24, 2.45) is 0 Å². The summed E-state index contributed by atoms with van der Waals surface area (Å²) in [6, 6.07) is 6.86. The van der Waals surface area contributed by atoms with Gasteiger partial charge in [-0.1, -0.05) is 32.0 Å². The van der Waals surface area contributed by atoms with E-state index in [1.165, 1.54) is 16.7 Å². The summed E-state index contributed by atoms with van der Waals surface area (Å²) in [5.74, 6) is 0.612. The van der Waals surface area contributed by atoms with Crippen LogP contribution in [0.15, 0.2) is 18.2 Å². The van der Waals surface area contributed by atoms with E-state index in [2.05, 4.69) is 36.9 Å². The van der Waals surface area contributed by atoms with Crippen LogP contribution in [0.3, 0.4) is 0 Å². The highest BCUT2D eigenvalue weighted by Gasteiger charge is 2.16. The maximum absolute atomic E-state index is 8.94. The number of hydrogen-bond donors (Lipinski definition) is 1. The Bertz CT molecular complexity index is 360. The molecule has 1 aliphatic heterocycles. The number of aliphatic hydroxyl groups excluding tert-OH is 1. The highest BCUT2D eigenvalue weighted by atomic mass is 16.3. The van der Waals surface area contributed by atoms with E-state index in [1.54, 1.807) is 0 Å². The average Bonchev–Trinajstić information content (AvgIpc) is 2.28. The molecular formula is C14H21NO. The highest BCUT2D eigenvalue weighted by molar-refractivity contribution is 5.35. The van der Waals surface area contributed by atoms with E-state index >= 15 is 0 Å². The van der Waals surface area contributed by atoms with E-state index in [0.29, 0.717) is 5.92 Å². The average molecular weight is 219 g/mol. The summed E-state index contributed by atoms with van der Waals surface area (Å²) >= 11 is 0. The molecule has 0 aliphatic carbocycles. The predicted molar refractivity (Wildman–Crippen MR) is 66.6 cm³/mol. The van der Waals surface area contributed by atoms with Gasteiger partial charge in [0.2, 0.25) is 0 Å². The summed E-state index contributed by atoms with van der Waals surface area (Å²) in [5.41, 5.74) is 4.37. The molecule has 0 saturated heterocycles. The number of aliphatic hydroxyl groups is 1. The van der Waals surface area contributed by atoms with Gasteiger partial charge in [-0.3, -0.25) is 4.90 Å². The molecule has 0 bridgehead atoms. The molecule has 0 unspecified atom stereocenters. The van der Waals surface area contributed by atoms with E-state index in [9.17, 15) is 0 Å². The summed E-state index contributed by atoms with van der Waals surface area (Å²) in [4.78, 5) is 2.32. The van der Waals surface area contributed by atoms with Crippen molar-refractivity contribution in [1.29, 1.82) is 0 Å². The Kier molecular flexibility index (Phi) is 3.62. The van der Waals surface area contributed by atoms with Crippen LogP contribution < -0.4 is 0 Å². The minimum absolute atomic E-state index is 0.263. The zero-order valence-electron chi connectivity index (χ0n) is 10.2. The second-order valence-corrected chi connectivity index (χ2v) is 4.93. The number of nitrogens with zero attached hydrogens (tertiary/aromatic N) is 1. The molecule has 0 saturated carbocycles. The van der Waals surface area contributed by atoms with Crippen molar-refractivity contribution in [3.63, 3.8) is 0 Å². The normalized spacial score (nSPS) is 16.5. The summed E-state index contributed by atoms with van der Waals surface area (Å²) in [5, 5.41) is 8.94. The Hall–Kier alpha value is -0.860. The molecule has 2 rings (SSSR count). The van der Waals surface area contributed by atoms with Crippen LogP contribution in [-0.2, 0) is 13.0 Å². The zero-order valence-corrected chi connectivity index (χ0v) is 10.2. The molecule has 16 heavy (non-hydrogen) atoms. The molecule has 0 amide bonds. The topological polar surface area (TPSA) is 23.5 Å². The molecule has 2 nitrogen and oxygen atoms in total. The maximum atomic E-state index is 8.94. The van der Waals surface area contributed by atoms with Crippen LogP contribution in [0.5, 0.6) is 0 Å². The third-order valence-corrected chi connectivity index (χ3v) is 3.40. The monoisotopic (exact) mass is 219 g/mol. The van der Waals surface area contributed by atoms with Gasteiger partial charge < -0.3 is 5.11 Å². The minimum Gasteiger partial charge on any atom is -0.395 e. The van der Waals surface area contributed by atoms with Crippen LogP contribution in [0, 0.1) is 0 Å². The van der Waals surface area contributed by atoms with Crippen molar-refractivity contribution in [3.05, 3.63) is 34.9 Å². The SMILES string of the molecule is CC(C)c1ccc2c(c1)CCN(CCO)C2. The first kappa shape index (κ1) is 11.6. The van der Waals surface area contributed by atoms with Gasteiger partial charge in [0.15, 0.2) is 0 Å². The molecule has 1 aromatic rings. The molecule has 0 spiro atoms. The van der Waals surface area contributed by atoms with Gasteiger partial charge in [-0.05, 0) is 29.0 Å². The third kappa shape index (κ3) is 2.45. The number of hydrogen-bond acceptors (Lipinski definition) is 2. The van der Waals surface area contributed by atoms with Crippen LogP contribution in [0.25, 0.3) is 0 Å². The lowest BCUT2D eigenvalue weighted by Gasteiger charge is -2.28. The first-order chi connectivity index (χ1) is 7.70. The van der Waals surface area contributed by atoms with Crippen molar-refractivity contribution < 1.29 is 5.11 Å². The molecule has 1 aliphatic rings. The van der Waals surface area contributed by atoms with Crippen molar-refractivity contribution in [3.8, 4) is 0 Å². The first-order valence-corrected chi connectivity index (χ1v) is 6.15. The molecular weight excluding hydrogens is 198 g/mol. The smallest absolute Gasteiger partial charge is 0.0558 e. The first-order valence-electron chi connectivity index (χ1n) is 6.15. The molecule has 1 aromatic carbocycles. The second kappa shape index (κ2) is 4.98. The summed E-state index contributed by atoms with van der Waals surface area (Å²) < 4.78 is 0. The minimum atomic E-state index is 0.263. The lowest BCUT2D eigenvalue weighted by atomic mass is 9.93. The largest absolute Gasteiger partial charge is 0.395 e. The highest BCUT2D eigenvalue weighted by Crippen LogP contribution is 2.23. The predicted octanol–water partition coefficient (Wildman–Crippen LogP) is 2.16. The summed E-state index contributed by atoms with van der Waals surface area (Å²) in [6.45, 7) is 7.61. The molecule has 0 fully saturated rings. The van der Waals surface area contributed by atoms with Gasteiger partial charge >= 0.3 is 0 Å². The molecule has 88 valence electrons. The van der Waals surface area contributed by atoms with Crippen molar-refractivity contribution >= 4 is 0 Å². The van der Waals surface area contributed by atoms with Crippen LogP contribution in [0.4, 0.5) is 0 Å². The fourth-order valence-electron chi connectivity index (χ4n) is 2.32. The third-order valence-electron chi connectivity index (χ3n) is 3.40. The molecule has 1 N–H and O–H groups in total. The molecule has 2 heteroatoms. The van der Waals surface area contributed by atoms with Crippen molar-refractivity contribution in [2.75, 3.05) is 19.7 Å². The Morgan fingerprint density at radius 1 is 1.31 bits per heavy atom. The Labute approximate surface area is 97.9 Å². The fourth-order valence-corrected chi connectivity index (χ4v) is 2.32. The molecule has 0 aromatic heterocycles. The fraction of sp³-hybridized carbons (Fsp3) is 0.571. The van der Waals surface area contributed by atoms with Gasteiger partial charge in [0, 0.05) is 19.6 Å². The van der Waals surface area contributed by atoms with Crippen molar-refractivity contribution in [2.45, 2.75) is 32.7 Å². The zero-order chi connectivity index (χ0) is 11.5. The van der Waals surface area contributed by atoms with E-state index in [0.717, 1.165) is 26.1 Å². The van der Waals surface area contributed by atoms with Crippen LogP contribution in [0.1, 0.15) is 36.5 Å². The number of β-amino-alcohol motifs (C(OH)–C–C–N with tert-alkyl or cyclic N) is 1. The van der Waals surface area contributed by atoms with E-state index in [1.807, 2.05) is 0 Å². The van der Waals surface area contributed by atoms with Crippen LogP contribution >= 0.6 is 0 Å². The molecule has 0 radical (unpaired) electrons. The van der Waals surface area contributed by atoms with Gasteiger partial charge in [0.1, 0.15) is 0 Å². The summed E-state index contributed by atoms with van der Waals surface area (Å²) in [6.07, 6.45) is 1.12. The van der Waals surface area contributed by atoms with Gasteiger partial charge in [-0.2, -0.15) is 0 Å². The van der Waals surface area contributed by atoms with Crippen LogP contribution in [0.2, 0.25) is 0 Å². The van der Waals surface area contributed by atoms with Crippen molar-refractivity contribution in [1.82, 2.24) is 4.90 Å². The van der Waals surface area contributed by atoms with Gasteiger partial charge in [0.05, 0.1) is 6.61 Å².